The number of nitrogens with zero attached hydrogens (tertiary/aromatic N) is 1. The molecule has 3 fully saturated rings. The smallest absolute Gasteiger partial charge is 0.244 e. The molecule has 0 unspecified atom stereocenters. The molecule has 1 aliphatic heterocycles. The normalized spacial score (nSPS) is 38.1. The molecule has 6 rings (SSSR count). The fourth-order valence-electron chi connectivity index (χ4n) is 5.04. The maximum atomic E-state index is 12.8. The molecule has 1 aromatic rings. The number of hydrogen-bond donors (Lipinski definition) is 1. The van der Waals surface area contributed by atoms with Crippen LogP contribution in [0.4, 0.5) is 5.69 Å². The molecule has 3 amide bonds. The second-order valence-electron chi connectivity index (χ2n) is 7.33. The van der Waals surface area contributed by atoms with Crippen molar-refractivity contribution in [3.63, 3.8) is 0 Å². The molecule has 0 aromatic heterocycles. The quantitative estimate of drug-likeness (QED) is 0.680. The summed E-state index contributed by atoms with van der Waals surface area (Å²) in [4.78, 5) is 39.0. The predicted octanol–water partition coefficient (Wildman–Crippen LogP) is 1.68. The van der Waals surface area contributed by atoms with E-state index in [0.717, 1.165) is 6.42 Å². The average Bonchev–Trinajstić information content (AvgIpc) is 3.37. The van der Waals surface area contributed by atoms with Crippen molar-refractivity contribution in [3.8, 4) is 0 Å². The van der Waals surface area contributed by atoms with Crippen LogP contribution in [-0.2, 0) is 14.4 Å². The number of amides is 3. The first-order valence-electron chi connectivity index (χ1n) is 8.53. The highest BCUT2D eigenvalue weighted by Gasteiger charge is 2.67. The van der Waals surface area contributed by atoms with Crippen LogP contribution in [0.15, 0.2) is 42.5 Å². The maximum absolute atomic E-state index is 12.8. The molecule has 5 heteroatoms. The monoisotopic (exact) mass is 322 g/mol. The Labute approximate surface area is 139 Å². The Balaban J connectivity index is 1.34. The van der Waals surface area contributed by atoms with Gasteiger partial charge in [0.15, 0.2) is 0 Å². The molecular weight excluding hydrogens is 304 g/mol. The van der Waals surface area contributed by atoms with E-state index in [4.69, 9.17) is 0 Å². The van der Waals surface area contributed by atoms with Gasteiger partial charge in [-0.2, -0.15) is 0 Å². The van der Waals surface area contributed by atoms with Crippen LogP contribution in [0.1, 0.15) is 6.42 Å². The van der Waals surface area contributed by atoms with Crippen LogP contribution in [0.5, 0.6) is 0 Å². The van der Waals surface area contributed by atoms with Crippen molar-refractivity contribution in [1.82, 2.24) is 4.90 Å². The van der Waals surface area contributed by atoms with Crippen LogP contribution in [0.25, 0.3) is 0 Å². The molecular formula is C19H18N2O3. The standard InChI is InChI=1S/C19H18N2O3/c22-15(20-10-4-2-1-3-5-10)9-21-18(23)16-11-6-7-12(14-8-13(11)14)17(16)19(21)24/h1-7,11-14,16-17H,8-9H2,(H,20,22)/t11-,12+,13-,14-,16+,17-/m1/s1. The highest BCUT2D eigenvalue weighted by atomic mass is 16.2. The summed E-state index contributed by atoms with van der Waals surface area (Å²) in [6, 6.07) is 9.08. The van der Waals surface area contributed by atoms with Crippen molar-refractivity contribution in [3.05, 3.63) is 42.5 Å². The van der Waals surface area contributed by atoms with Gasteiger partial charge in [0.25, 0.3) is 0 Å². The average molecular weight is 322 g/mol. The summed E-state index contributed by atoms with van der Waals surface area (Å²) in [6.45, 7) is -0.186. The van der Waals surface area contributed by atoms with Gasteiger partial charge in [-0.05, 0) is 42.2 Å². The van der Waals surface area contributed by atoms with Crippen LogP contribution in [0.2, 0.25) is 0 Å². The summed E-state index contributed by atoms with van der Waals surface area (Å²) in [5, 5.41) is 2.75. The third-order valence-electron chi connectivity index (χ3n) is 6.11. The van der Waals surface area contributed by atoms with Crippen molar-refractivity contribution >= 4 is 23.4 Å². The summed E-state index contributed by atoms with van der Waals surface area (Å²) < 4.78 is 0. The number of nitrogens with one attached hydrogen (secondary N) is 1. The first-order valence-corrected chi connectivity index (χ1v) is 8.53. The number of likely N-dealkylation sites (tertiary alicyclic amines) is 1. The van der Waals surface area contributed by atoms with Crippen LogP contribution < -0.4 is 5.32 Å². The topological polar surface area (TPSA) is 66.5 Å². The summed E-state index contributed by atoms with van der Waals surface area (Å²) in [6.07, 6.45) is 5.42. The SMILES string of the molecule is O=C(CN1C(=O)[C@@H]2[C@H]3C=C[C@H]([C@H]4C[C@H]34)[C@@H]2C1=O)Nc1ccccc1. The second-order valence-corrected chi connectivity index (χ2v) is 7.33. The fraction of sp³-hybridized carbons (Fsp3) is 0.421. The third kappa shape index (κ3) is 1.84. The van der Waals surface area contributed by atoms with Crippen molar-refractivity contribution in [2.75, 3.05) is 11.9 Å². The Kier molecular flexibility index (Phi) is 2.78. The van der Waals surface area contributed by atoms with E-state index in [2.05, 4.69) is 17.5 Å². The van der Waals surface area contributed by atoms with Gasteiger partial charge in [0.2, 0.25) is 17.7 Å². The van der Waals surface area contributed by atoms with Crippen LogP contribution in [0.3, 0.4) is 0 Å². The summed E-state index contributed by atoms with van der Waals surface area (Å²) in [7, 11) is 0. The van der Waals surface area contributed by atoms with Gasteiger partial charge in [0.1, 0.15) is 6.54 Å². The largest absolute Gasteiger partial charge is 0.325 e. The molecule has 1 N–H and O–H groups in total. The molecule has 1 aromatic carbocycles. The van der Waals surface area contributed by atoms with Crippen molar-refractivity contribution in [2.24, 2.45) is 35.5 Å². The number of benzene rings is 1. The number of carbonyl (C=O) groups is 3. The second kappa shape index (κ2) is 4.79. The molecule has 24 heavy (non-hydrogen) atoms. The van der Waals surface area contributed by atoms with E-state index in [0.29, 0.717) is 17.5 Å². The van der Waals surface area contributed by atoms with Gasteiger partial charge in [0, 0.05) is 5.69 Å². The lowest BCUT2D eigenvalue weighted by Crippen LogP contribution is -2.40. The molecule has 2 saturated carbocycles. The summed E-state index contributed by atoms with van der Waals surface area (Å²) in [5.74, 6) is 0.448. The van der Waals surface area contributed by atoms with E-state index in [1.54, 1.807) is 12.1 Å². The molecule has 1 saturated heterocycles. The van der Waals surface area contributed by atoms with Gasteiger partial charge in [0.05, 0.1) is 11.8 Å². The number of para-hydroxylation sites is 1. The van der Waals surface area contributed by atoms with E-state index in [1.165, 1.54) is 4.90 Å². The van der Waals surface area contributed by atoms with Crippen LogP contribution >= 0.6 is 0 Å². The van der Waals surface area contributed by atoms with Gasteiger partial charge in [-0.25, -0.2) is 0 Å². The zero-order valence-electron chi connectivity index (χ0n) is 13.1. The molecule has 0 spiro atoms. The molecule has 122 valence electrons. The molecule has 4 aliphatic carbocycles. The molecule has 6 atom stereocenters. The van der Waals surface area contributed by atoms with Gasteiger partial charge in [-0.15, -0.1) is 0 Å². The summed E-state index contributed by atoms with van der Waals surface area (Å²) >= 11 is 0. The summed E-state index contributed by atoms with van der Waals surface area (Å²) in [5.41, 5.74) is 0.669. The Morgan fingerprint density at radius 1 is 1.00 bits per heavy atom. The van der Waals surface area contributed by atoms with Gasteiger partial charge < -0.3 is 5.32 Å². The zero-order chi connectivity index (χ0) is 16.4. The minimum absolute atomic E-state index is 0.155. The van der Waals surface area contributed by atoms with E-state index >= 15 is 0 Å². The molecule has 5 nitrogen and oxygen atoms in total. The lowest BCUT2D eigenvalue weighted by molar-refractivity contribution is -0.142. The van der Waals surface area contributed by atoms with Gasteiger partial charge >= 0.3 is 0 Å². The highest BCUT2D eigenvalue weighted by Crippen LogP contribution is 2.65. The minimum atomic E-state index is -0.327. The molecule has 1 heterocycles. The van der Waals surface area contributed by atoms with Crippen molar-refractivity contribution in [1.29, 1.82) is 0 Å². The van der Waals surface area contributed by atoms with Crippen molar-refractivity contribution < 1.29 is 14.4 Å². The number of hydrogen-bond acceptors (Lipinski definition) is 3. The number of rotatable bonds is 3. The fourth-order valence-corrected chi connectivity index (χ4v) is 5.04. The number of carbonyl (C=O) groups excluding carboxylic acids is 3. The Morgan fingerprint density at radius 3 is 2.17 bits per heavy atom. The van der Waals surface area contributed by atoms with E-state index in [9.17, 15) is 14.4 Å². The van der Waals surface area contributed by atoms with Crippen LogP contribution in [0, 0.1) is 35.5 Å². The molecule has 2 bridgehead atoms. The third-order valence-corrected chi connectivity index (χ3v) is 6.11. The van der Waals surface area contributed by atoms with Gasteiger partial charge in [-0.1, -0.05) is 30.4 Å². The number of anilines is 1. The number of imide groups is 1. The lowest BCUT2D eigenvalue weighted by atomic mass is 9.63. The van der Waals surface area contributed by atoms with E-state index in [1.807, 2.05) is 18.2 Å². The molecule has 5 aliphatic rings. The lowest BCUT2D eigenvalue weighted by Gasteiger charge is -2.37. The Bertz CT molecular complexity index is 736. The molecule has 0 radical (unpaired) electrons. The van der Waals surface area contributed by atoms with Crippen molar-refractivity contribution in [2.45, 2.75) is 6.42 Å². The van der Waals surface area contributed by atoms with E-state index in [-0.39, 0.29) is 47.9 Å². The first kappa shape index (κ1) is 14.0. The van der Waals surface area contributed by atoms with Crippen LogP contribution in [-0.4, -0.2) is 29.2 Å². The predicted molar refractivity (Wildman–Crippen MR) is 86.5 cm³/mol. The number of allylic oxidation sites excluding steroid dienone is 2. The first-order chi connectivity index (χ1) is 11.6. The Morgan fingerprint density at radius 2 is 1.58 bits per heavy atom. The van der Waals surface area contributed by atoms with Gasteiger partial charge in [-0.3, -0.25) is 19.3 Å². The highest BCUT2D eigenvalue weighted by molar-refractivity contribution is 6.09. The maximum Gasteiger partial charge on any atom is 0.244 e. The zero-order valence-corrected chi connectivity index (χ0v) is 13.1. The Hall–Kier alpha value is -2.43. The minimum Gasteiger partial charge on any atom is -0.325 e. The van der Waals surface area contributed by atoms with E-state index < -0.39 is 0 Å².